The van der Waals surface area contributed by atoms with Gasteiger partial charge in [-0.25, -0.2) is 9.97 Å². The van der Waals surface area contributed by atoms with E-state index in [1.165, 1.54) is 37.9 Å². The number of aromatic nitrogens is 4. The predicted molar refractivity (Wildman–Crippen MR) is 216 cm³/mol. The first-order chi connectivity index (χ1) is 25.7. The van der Waals surface area contributed by atoms with Crippen LogP contribution >= 0.6 is 0 Å². The zero-order valence-electron chi connectivity index (χ0n) is 28.0. The summed E-state index contributed by atoms with van der Waals surface area (Å²) < 4.78 is 0. The van der Waals surface area contributed by atoms with Gasteiger partial charge in [0.2, 0.25) is 0 Å². The summed E-state index contributed by atoms with van der Waals surface area (Å²) in [5, 5.41) is 10.7. The van der Waals surface area contributed by atoms with Gasteiger partial charge in [0.15, 0.2) is 0 Å². The Balaban J connectivity index is 1.08. The van der Waals surface area contributed by atoms with E-state index in [0.717, 1.165) is 71.9 Å². The van der Waals surface area contributed by atoms with E-state index in [4.69, 9.17) is 15.0 Å². The maximum absolute atomic E-state index is 5.37. The van der Waals surface area contributed by atoms with Gasteiger partial charge in [0.05, 0.1) is 27.9 Å². The van der Waals surface area contributed by atoms with Crippen molar-refractivity contribution in [3.05, 3.63) is 170 Å². The lowest BCUT2D eigenvalue weighted by Crippen LogP contribution is -1.93. The average molecular weight is 661 g/mol. The monoisotopic (exact) mass is 660 g/mol. The molecule has 0 fully saturated rings. The van der Waals surface area contributed by atoms with Crippen LogP contribution in [0.4, 0.5) is 0 Å². The molecule has 0 N–H and O–H groups in total. The van der Waals surface area contributed by atoms with E-state index in [0.29, 0.717) is 0 Å². The second kappa shape index (κ2) is 11.2. The molecule has 240 valence electrons. The molecule has 0 radical (unpaired) electrons. The Hall–Kier alpha value is -7.04. The van der Waals surface area contributed by atoms with Gasteiger partial charge in [0.25, 0.3) is 0 Å². The molecular weight excluding hydrogens is 633 g/mol. The molecule has 4 aromatic heterocycles. The van der Waals surface area contributed by atoms with E-state index in [1.807, 2.05) is 36.8 Å². The average Bonchev–Trinajstić information content (AvgIpc) is 3.22. The fraction of sp³-hybridized carbons (Fsp3) is 0. The lowest BCUT2D eigenvalue weighted by atomic mass is 9.88. The number of hydrogen-bond acceptors (Lipinski definition) is 4. The van der Waals surface area contributed by atoms with Gasteiger partial charge in [-0.05, 0) is 91.5 Å². The number of rotatable bonds is 4. The van der Waals surface area contributed by atoms with Crippen LogP contribution in [0, 0.1) is 0 Å². The zero-order chi connectivity index (χ0) is 34.2. The van der Waals surface area contributed by atoms with E-state index in [-0.39, 0.29) is 0 Å². The van der Waals surface area contributed by atoms with Crippen LogP contribution in [0.15, 0.2) is 170 Å². The molecule has 11 rings (SSSR count). The fourth-order valence-corrected chi connectivity index (χ4v) is 7.98. The number of hydrogen-bond donors (Lipinski definition) is 0. The Morgan fingerprint density at radius 3 is 1.77 bits per heavy atom. The maximum Gasteiger partial charge on any atom is 0.0972 e. The fourth-order valence-electron chi connectivity index (χ4n) is 7.98. The van der Waals surface area contributed by atoms with Crippen LogP contribution < -0.4 is 0 Å². The maximum atomic E-state index is 5.37. The topological polar surface area (TPSA) is 51.6 Å². The van der Waals surface area contributed by atoms with E-state index in [9.17, 15) is 0 Å². The molecule has 0 spiro atoms. The second-order valence-corrected chi connectivity index (χ2v) is 13.5. The molecule has 0 saturated heterocycles. The molecular formula is C48H28N4. The Morgan fingerprint density at radius 1 is 0.365 bits per heavy atom. The molecule has 52 heavy (non-hydrogen) atoms. The smallest absolute Gasteiger partial charge is 0.0972 e. The largest absolute Gasteiger partial charge is 0.265 e. The molecule has 0 aliphatic rings. The minimum atomic E-state index is 0.900. The molecule has 0 atom stereocenters. The molecule has 0 unspecified atom stereocenters. The Morgan fingerprint density at radius 2 is 0.981 bits per heavy atom. The van der Waals surface area contributed by atoms with E-state index < -0.39 is 0 Å². The minimum Gasteiger partial charge on any atom is -0.265 e. The molecule has 7 aromatic carbocycles. The Bertz CT molecular complexity index is 3190. The highest BCUT2D eigenvalue weighted by atomic mass is 14.8. The molecule has 0 bridgehead atoms. The van der Waals surface area contributed by atoms with Gasteiger partial charge in [-0.3, -0.25) is 9.97 Å². The predicted octanol–water partition coefficient (Wildman–Crippen LogP) is 12.3. The quantitative estimate of drug-likeness (QED) is 0.176. The SMILES string of the molecule is c1cc(-c2ccncc2)cc(-c2ccc3ccc4ccc(-c5ccc6ccc7c(-c8cnc9ccccc9c8)ccc8ccc5c6c87)nc4c3n2)c1. The van der Waals surface area contributed by atoms with Gasteiger partial charge in [0, 0.05) is 51.4 Å². The molecule has 11 aromatic rings. The summed E-state index contributed by atoms with van der Waals surface area (Å²) in [6.07, 6.45) is 5.65. The molecule has 0 amide bonds. The van der Waals surface area contributed by atoms with Crippen molar-refractivity contribution in [2.75, 3.05) is 0 Å². The van der Waals surface area contributed by atoms with Crippen molar-refractivity contribution < 1.29 is 0 Å². The highest BCUT2D eigenvalue weighted by Gasteiger charge is 2.17. The van der Waals surface area contributed by atoms with Gasteiger partial charge in [-0.1, -0.05) is 109 Å². The van der Waals surface area contributed by atoms with Crippen LogP contribution in [0.25, 0.3) is 110 Å². The summed E-state index contributed by atoms with van der Waals surface area (Å²) in [4.78, 5) is 19.6. The van der Waals surface area contributed by atoms with Crippen LogP contribution in [-0.4, -0.2) is 19.9 Å². The molecule has 4 heteroatoms. The van der Waals surface area contributed by atoms with E-state index >= 15 is 0 Å². The molecule has 4 heterocycles. The van der Waals surface area contributed by atoms with Gasteiger partial charge in [-0.2, -0.15) is 0 Å². The van der Waals surface area contributed by atoms with Crippen LogP contribution in [0.5, 0.6) is 0 Å². The lowest BCUT2D eigenvalue weighted by Gasteiger charge is -2.16. The zero-order valence-corrected chi connectivity index (χ0v) is 28.0. The summed E-state index contributed by atoms with van der Waals surface area (Å²) in [6.45, 7) is 0. The number of pyridine rings is 4. The summed E-state index contributed by atoms with van der Waals surface area (Å²) >= 11 is 0. The first-order valence-corrected chi connectivity index (χ1v) is 17.5. The standard InChI is InChI=1S/C48H28N4/c1-2-7-42-35(4-1)27-37(28-50-42)38-16-10-30-13-19-41-39(17-11-31-12-18-40(38)45(30)46(31)41)44-21-15-33-9-8-32-14-20-43(51-47(32)48(33)52-44)36-6-3-5-34(26-36)29-22-24-49-25-23-29/h1-28H. The Kier molecular flexibility index (Phi) is 6.22. The first kappa shape index (κ1) is 28.8. The van der Waals surface area contributed by atoms with Crippen LogP contribution in [0.2, 0.25) is 0 Å². The van der Waals surface area contributed by atoms with Crippen molar-refractivity contribution in [3.8, 4) is 44.8 Å². The molecule has 0 aliphatic carbocycles. The third-order valence-electron chi connectivity index (χ3n) is 10.5. The van der Waals surface area contributed by atoms with Gasteiger partial charge in [-0.15, -0.1) is 0 Å². The summed E-state index contributed by atoms with van der Waals surface area (Å²) in [5.41, 5.74) is 11.4. The lowest BCUT2D eigenvalue weighted by molar-refractivity contribution is 1.33. The van der Waals surface area contributed by atoms with E-state index in [2.05, 4.69) is 138 Å². The Labute approximate surface area is 299 Å². The number of fused-ring (bicyclic) bond motifs is 4. The highest BCUT2D eigenvalue weighted by Crippen LogP contribution is 2.42. The van der Waals surface area contributed by atoms with Crippen molar-refractivity contribution in [3.63, 3.8) is 0 Å². The van der Waals surface area contributed by atoms with Crippen molar-refractivity contribution in [2.45, 2.75) is 0 Å². The summed E-state index contributed by atoms with van der Waals surface area (Å²) in [5.74, 6) is 0. The minimum absolute atomic E-state index is 0.900. The van der Waals surface area contributed by atoms with Crippen LogP contribution in [0.3, 0.4) is 0 Å². The van der Waals surface area contributed by atoms with Crippen LogP contribution in [-0.2, 0) is 0 Å². The van der Waals surface area contributed by atoms with Crippen molar-refractivity contribution in [2.24, 2.45) is 0 Å². The first-order valence-electron chi connectivity index (χ1n) is 17.5. The van der Waals surface area contributed by atoms with Crippen molar-refractivity contribution in [1.29, 1.82) is 0 Å². The third-order valence-corrected chi connectivity index (χ3v) is 10.5. The number of para-hydroxylation sites is 1. The van der Waals surface area contributed by atoms with Gasteiger partial charge < -0.3 is 0 Å². The summed E-state index contributed by atoms with van der Waals surface area (Å²) in [7, 11) is 0. The molecule has 0 aliphatic heterocycles. The summed E-state index contributed by atoms with van der Waals surface area (Å²) in [6, 6.07) is 54.0. The highest BCUT2D eigenvalue weighted by molar-refractivity contribution is 6.27. The van der Waals surface area contributed by atoms with Crippen LogP contribution in [0.1, 0.15) is 0 Å². The molecule has 0 saturated carbocycles. The third kappa shape index (κ3) is 4.48. The molecule has 4 nitrogen and oxygen atoms in total. The normalized spacial score (nSPS) is 11.8. The number of nitrogens with zero attached hydrogens (tertiary/aromatic N) is 4. The van der Waals surface area contributed by atoms with Crippen molar-refractivity contribution >= 4 is 65.0 Å². The second-order valence-electron chi connectivity index (χ2n) is 13.5. The van der Waals surface area contributed by atoms with Gasteiger partial charge >= 0.3 is 0 Å². The van der Waals surface area contributed by atoms with Crippen molar-refractivity contribution in [1.82, 2.24) is 19.9 Å². The number of benzene rings is 7. The van der Waals surface area contributed by atoms with E-state index in [1.54, 1.807) is 0 Å². The van der Waals surface area contributed by atoms with Gasteiger partial charge in [0.1, 0.15) is 0 Å².